The van der Waals surface area contributed by atoms with Crippen LogP contribution in [0.15, 0.2) is 108 Å². The molecule has 0 spiro atoms. The molecule has 4 rings (SSSR count). The number of benzene rings is 4. The number of nitrogens with one attached hydrogen (secondary N) is 1. The largest absolute Gasteiger partial charge is 0.494 e. The highest BCUT2D eigenvalue weighted by Gasteiger charge is 2.36. The van der Waals surface area contributed by atoms with Crippen molar-refractivity contribution in [1.29, 1.82) is 0 Å². The minimum Gasteiger partial charge on any atom is -0.494 e. The third-order valence-electron chi connectivity index (χ3n) is 7.18. The molecule has 0 bridgehead atoms. The molecule has 0 saturated carbocycles. The molecule has 8 nitrogen and oxygen atoms in total. The molecule has 1 N–H and O–H groups in total. The SMILES string of the molecule is CCOc1ccc(S(=O)(=O)N(CC(=O)N(Cc2ccccc2Cl)C(Cc2ccccc2)C(=O)NC(C)(C)C)c2ccc(F)cc2)cc1. The van der Waals surface area contributed by atoms with E-state index < -0.39 is 45.8 Å². The van der Waals surface area contributed by atoms with Crippen molar-refractivity contribution in [3.8, 4) is 5.75 Å². The van der Waals surface area contributed by atoms with E-state index in [1.54, 1.807) is 24.3 Å². The molecule has 4 aromatic rings. The molecular weight excluding hydrogens is 641 g/mol. The second-order valence-corrected chi connectivity index (χ2v) is 14.2. The van der Waals surface area contributed by atoms with Crippen molar-refractivity contribution in [1.82, 2.24) is 10.2 Å². The van der Waals surface area contributed by atoms with E-state index in [0.29, 0.717) is 22.9 Å². The first-order chi connectivity index (χ1) is 22.3. The summed E-state index contributed by atoms with van der Waals surface area (Å²) < 4.78 is 48.7. The summed E-state index contributed by atoms with van der Waals surface area (Å²) in [6.45, 7) is 6.97. The summed E-state index contributed by atoms with van der Waals surface area (Å²) in [6, 6.07) is 25.8. The molecule has 0 saturated heterocycles. The maximum Gasteiger partial charge on any atom is 0.264 e. The highest BCUT2D eigenvalue weighted by atomic mass is 35.5. The van der Waals surface area contributed by atoms with Crippen LogP contribution in [-0.2, 0) is 32.6 Å². The van der Waals surface area contributed by atoms with E-state index >= 15 is 0 Å². The average Bonchev–Trinajstić information content (AvgIpc) is 3.03. The van der Waals surface area contributed by atoms with Crippen LogP contribution in [-0.4, -0.2) is 49.9 Å². The van der Waals surface area contributed by atoms with Crippen LogP contribution >= 0.6 is 11.6 Å². The summed E-state index contributed by atoms with van der Waals surface area (Å²) in [6.07, 6.45) is 0.154. The zero-order chi connectivity index (χ0) is 34.2. The Morgan fingerprint density at radius 1 is 0.894 bits per heavy atom. The van der Waals surface area contributed by atoms with E-state index in [1.807, 2.05) is 58.0 Å². The fraction of sp³-hybridized carbons (Fsp3) is 0.278. The van der Waals surface area contributed by atoms with Gasteiger partial charge in [-0.2, -0.15) is 0 Å². The number of hydrogen-bond donors (Lipinski definition) is 1. The van der Waals surface area contributed by atoms with Crippen LogP contribution in [0.3, 0.4) is 0 Å². The summed E-state index contributed by atoms with van der Waals surface area (Å²) >= 11 is 6.54. The Balaban J connectivity index is 1.81. The highest BCUT2D eigenvalue weighted by molar-refractivity contribution is 7.92. The summed E-state index contributed by atoms with van der Waals surface area (Å²) in [5, 5.41) is 3.37. The molecular formula is C36H39ClFN3O5S. The molecule has 0 aliphatic rings. The number of rotatable bonds is 13. The van der Waals surface area contributed by atoms with Crippen LogP contribution in [0.4, 0.5) is 10.1 Å². The summed E-state index contributed by atoms with van der Waals surface area (Å²) in [5.41, 5.74) is 0.829. The van der Waals surface area contributed by atoms with Crippen molar-refractivity contribution < 1.29 is 27.1 Å². The topological polar surface area (TPSA) is 96.0 Å². The first kappa shape index (κ1) is 35.4. The Kier molecular flexibility index (Phi) is 11.7. The lowest BCUT2D eigenvalue weighted by Gasteiger charge is -2.35. The number of anilines is 1. The first-order valence-electron chi connectivity index (χ1n) is 15.2. The van der Waals surface area contributed by atoms with Gasteiger partial charge in [-0.1, -0.05) is 60.1 Å². The van der Waals surface area contributed by atoms with E-state index in [1.165, 1.54) is 41.3 Å². The highest BCUT2D eigenvalue weighted by Crippen LogP contribution is 2.27. The van der Waals surface area contributed by atoms with Gasteiger partial charge in [-0.05, 0) is 93.4 Å². The molecule has 0 heterocycles. The second-order valence-electron chi connectivity index (χ2n) is 12.0. The Labute approximate surface area is 281 Å². The monoisotopic (exact) mass is 679 g/mol. The van der Waals surface area contributed by atoms with Gasteiger partial charge < -0.3 is 15.0 Å². The molecule has 2 amide bonds. The molecule has 0 fully saturated rings. The molecule has 248 valence electrons. The van der Waals surface area contributed by atoms with Crippen molar-refractivity contribution in [2.24, 2.45) is 0 Å². The predicted molar refractivity (Wildman–Crippen MR) is 182 cm³/mol. The third-order valence-corrected chi connectivity index (χ3v) is 9.34. The molecule has 0 aliphatic carbocycles. The number of ether oxygens (including phenoxy) is 1. The van der Waals surface area contributed by atoms with Crippen molar-refractivity contribution in [3.63, 3.8) is 0 Å². The van der Waals surface area contributed by atoms with Crippen LogP contribution in [0.2, 0.25) is 5.02 Å². The van der Waals surface area contributed by atoms with E-state index in [-0.39, 0.29) is 23.5 Å². The molecule has 0 aliphatic heterocycles. The number of carbonyl (C=O) groups is 2. The minimum absolute atomic E-state index is 0.0741. The number of halogens is 2. The summed E-state index contributed by atoms with van der Waals surface area (Å²) in [7, 11) is -4.36. The first-order valence-corrected chi connectivity index (χ1v) is 17.0. The maximum atomic E-state index is 14.5. The Morgan fingerprint density at radius 2 is 1.51 bits per heavy atom. The van der Waals surface area contributed by atoms with Crippen molar-refractivity contribution in [2.75, 3.05) is 17.5 Å². The molecule has 11 heteroatoms. The van der Waals surface area contributed by atoms with Gasteiger partial charge >= 0.3 is 0 Å². The van der Waals surface area contributed by atoms with E-state index in [4.69, 9.17) is 16.3 Å². The predicted octanol–water partition coefficient (Wildman–Crippen LogP) is 6.63. The minimum atomic E-state index is -4.36. The number of sulfonamides is 1. The van der Waals surface area contributed by atoms with Gasteiger partial charge in [0.25, 0.3) is 10.0 Å². The maximum absolute atomic E-state index is 14.5. The van der Waals surface area contributed by atoms with Crippen LogP contribution in [0.5, 0.6) is 5.75 Å². The molecule has 4 aromatic carbocycles. The Hall–Kier alpha value is -4.41. The van der Waals surface area contributed by atoms with E-state index in [9.17, 15) is 22.4 Å². The van der Waals surface area contributed by atoms with Gasteiger partial charge in [0.2, 0.25) is 11.8 Å². The zero-order valence-electron chi connectivity index (χ0n) is 26.8. The van der Waals surface area contributed by atoms with Crippen molar-refractivity contribution >= 4 is 39.1 Å². The van der Waals surface area contributed by atoms with Crippen molar-refractivity contribution in [3.05, 3.63) is 125 Å². The number of nitrogens with zero attached hydrogens (tertiary/aromatic N) is 2. The summed E-state index contributed by atoms with van der Waals surface area (Å²) in [5.74, 6) is -1.16. The smallest absolute Gasteiger partial charge is 0.264 e. The van der Waals surface area contributed by atoms with E-state index in [2.05, 4.69) is 5.32 Å². The average molecular weight is 680 g/mol. The number of carbonyl (C=O) groups excluding carboxylic acids is 2. The normalized spacial score (nSPS) is 12.2. The quantitative estimate of drug-likeness (QED) is 0.171. The lowest BCUT2D eigenvalue weighted by Crippen LogP contribution is -2.56. The zero-order valence-corrected chi connectivity index (χ0v) is 28.4. The molecule has 1 atom stereocenters. The summed E-state index contributed by atoms with van der Waals surface area (Å²) in [4.78, 5) is 29.8. The molecule has 0 radical (unpaired) electrons. The van der Waals surface area contributed by atoms with Gasteiger partial charge in [0, 0.05) is 23.5 Å². The Bertz CT molecular complexity index is 1760. The second kappa shape index (κ2) is 15.5. The third kappa shape index (κ3) is 9.56. The number of amides is 2. The molecule has 1 unspecified atom stereocenters. The standard InChI is InChI=1S/C36H39ClFN3O5S/c1-5-46-30-19-21-31(22-20-30)47(44,45)41(29-17-15-28(38)16-18-29)25-34(42)40(24-27-13-9-10-14-32(27)37)33(35(43)39-36(2,3)4)23-26-11-7-6-8-12-26/h6-22,33H,5,23-25H2,1-4H3,(H,39,43). The van der Waals surface area contributed by atoms with Crippen molar-refractivity contribution in [2.45, 2.75) is 57.1 Å². The fourth-order valence-electron chi connectivity index (χ4n) is 4.95. The Morgan fingerprint density at radius 3 is 2.11 bits per heavy atom. The fourth-order valence-corrected chi connectivity index (χ4v) is 6.56. The van der Waals surface area contributed by atoms with E-state index in [0.717, 1.165) is 22.0 Å². The van der Waals surface area contributed by atoms with Crippen LogP contribution in [0.25, 0.3) is 0 Å². The van der Waals surface area contributed by atoms with Gasteiger partial charge in [0.15, 0.2) is 0 Å². The lowest BCUT2D eigenvalue weighted by molar-refractivity contribution is -0.140. The van der Waals surface area contributed by atoms with Gasteiger partial charge in [-0.25, -0.2) is 12.8 Å². The molecule has 0 aromatic heterocycles. The van der Waals surface area contributed by atoms with Gasteiger partial charge in [0.05, 0.1) is 17.2 Å². The van der Waals surface area contributed by atoms with Gasteiger partial charge in [0.1, 0.15) is 24.2 Å². The van der Waals surface area contributed by atoms with Crippen LogP contribution < -0.4 is 14.4 Å². The lowest BCUT2D eigenvalue weighted by atomic mass is 10.0. The number of hydrogen-bond acceptors (Lipinski definition) is 5. The van der Waals surface area contributed by atoms with Gasteiger partial charge in [-0.15, -0.1) is 0 Å². The van der Waals surface area contributed by atoms with Gasteiger partial charge in [-0.3, -0.25) is 13.9 Å². The van der Waals surface area contributed by atoms with Crippen LogP contribution in [0, 0.1) is 5.82 Å². The molecule has 47 heavy (non-hydrogen) atoms. The van der Waals surface area contributed by atoms with Crippen LogP contribution in [0.1, 0.15) is 38.8 Å².